The summed E-state index contributed by atoms with van der Waals surface area (Å²) in [6.45, 7) is 6.12. The SMILES string of the molecule is CN=C/C(CCc1ccccc1)=C(\C)C1CCN(CC2CCC(N(CC(=O)O)C3CCCCC3)C2)CC1. The Morgan fingerprint density at radius 3 is 2.43 bits per heavy atom. The minimum Gasteiger partial charge on any atom is -0.480 e. The Morgan fingerprint density at radius 2 is 1.76 bits per heavy atom. The number of likely N-dealkylation sites (tertiary alicyclic amines) is 1. The van der Waals surface area contributed by atoms with Crippen molar-refractivity contribution in [1.82, 2.24) is 9.80 Å². The summed E-state index contributed by atoms with van der Waals surface area (Å²) in [5, 5.41) is 9.57. The van der Waals surface area contributed by atoms with Crippen LogP contribution in [-0.2, 0) is 11.2 Å². The van der Waals surface area contributed by atoms with Gasteiger partial charge in [0.15, 0.2) is 0 Å². The van der Waals surface area contributed by atoms with Crippen LogP contribution in [0.2, 0.25) is 0 Å². The largest absolute Gasteiger partial charge is 0.480 e. The zero-order valence-electron chi connectivity index (χ0n) is 23.3. The highest BCUT2D eigenvalue weighted by molar-refractivity contribution is 5.79. The molecule has 3 aliphatic rings. The number of rotatable bonds is 11. The van der Waals surface area contributed by atoms with E-state index < -0.39 is 5.97 Å². The number of allylic oxidation sites excluding steroid dienone is 2. The number of piperidine rings is 1. The van der Waals surface area contributed by atoms with E-state index >= 15 is 0 Å². The van der Waals surface area contributed by atoms with Gasteiger partial charge in [0.1, 0.15) is 0 Å². The molecule has 0 bridgehead atoms. The molecule has 5 nitrogen and oxygen atoms in total. The number of carbonyl (C=O) groups is 1. The number of hydrogen-bond acceptors (Lipinski definition) is 4. The molecular formula is C32H49N3O2. The van der Waals surface area contributed by atoms with Crippen LogP contribution in [0.4, 0.5) is 0 Å². The lowest BCUT2D eigenvalue weighted by Crippen LogP contribution is -2.46. The van der Waals surface area contributed by atoms with Gasteiger partial charge >= 0.3 is 5.97 Å². The average molecular weight is 508 g/mol. The van der Waals surface area contributed by atoms with Gasteiger partial charge in [0.25, 0.3) is 0 Å². The van der Waals surface area contributed by atoms with Crippen molar-refractivity contribution in [1.29, 1.82) is 0 Å². The fraction of sp³-hybridized carbons (Fsp3) is 0.688. The summed E-state index contributed by atoms with van der Waals surface area (Å²) >= 11 is 0. The van der Waals surface area contributed by atoms with Crippen molar-refractivity contribution in [3.05, 3.63) is 47.0 Å². The van der Waals surface area contributed by atoms with E-state index in [-0.39, 0.29) is 6.54 Å². The zero-order chi connectivity index (χ0) is 26.0. The van der Waals surface area contributed by atoms with Crippen LogP contribution in [0.25, 0.3) is 0 Å². The van der Waals surface area contributed by atoms with Crippen LogP contribution in [0, 0.1) is 11.8 Å². The Hall–Kier alpha value is -1.98. The number of benzene rings is 1. The van der Waals surface area contributed by atoms with E-state index in [1.54, 1.807) is 5.57 Å². The maximum atomic E-state index is 11.6. The van der Waals surface area contributed by atoms with E-state index in [0.29, 0.717) is 23.9 Å². The molecule has 0 radical (unpaired) electrons. The third kappa shape index (κ3) is 8.25. The summed E-state index contributed by atoms with van der Waals surface area (Å²) < 4.78 is 0. The first kappa shape index (κ1) is 28.0. The van der Waals surface area contributed by atoms with Crippen LogP contribution in [-0.4, -0.2) is 72.4 Å². The van der Waals surface area contributed by atoms with Gasteiger partial charge < -0.3 is 10.0 Å². The van der Waals surface area contributed by atoms with Crippen molar-refractivity contribution in [2.45, 2.75) is 96.1 Å². The van der Waals surface area contributed by atoms with E-state index in [4.69, 9.17) is 0 Å². The van der Waals surface area contributed by atoms with Gasteiger partial charge in [-0.05, 0) is 101 Å². The second-order valence-corrected chi connectivity index (χ2v) is 11.8. The van der Waals surface area contributed by atoms with Crippen molar-refractivity contribution >= 4 is 12.2 Å². The quantitative estimate of drug-likeness (QED) is 0.360. The second-order valence-electron chi connectivity index (χ2n) is 11.8. The highest BCUT2D eigenvalue weighted by atomic mass is 16.4. The van der Waals surface area contributed by atoms with Gasteiger partial charge in [0.2, 0.25) is 0 Å². The van der Waals surface area contributed by atoms with Crippen LogP contribution in [0.3, 0.4) is 0 Å². The van der Waals surface area contributed by atoms with Crippen LogP contribution in [0.1, 0.15) is 83.1 Å². The fourth-order valence-corrected chi connectivity index (χ4v) is 7.26. The lowest BCUT2D eigenvalue weighted by Gasteiger charge is -2.38. The van der Waals surface area contributed by atoms with Gasteiger partial charge in [0.05, 0.1) is 6.54 Å². The molecule has 1 heterocycles. The Labute approximate surface area is 225 Å². The van der Waals surface area contributed by atoms with E-state index in [0.717, 1.165) is 12.8 Å². The lowest BCUT2D eigenvalue weighted by molar-refractivity contribution is -0.140. The van der Waals surface area contributed by atoms with Crippen LogP contribution >= 0.6 is 0 Å². The molecule has 0 amide bonds. The van der Waals surface area contributed by atoms with Crippen molar-refractivity contribution in [3.63, 3.8) is 0 Å². The molecule has 2 atom stereocenters. The highest BCUT2D eigenvalue weighted by Crippen LogP contribution is 2.35. The molecular weight excluding hydrogens is 458 g/mol. The molecule has 2 unspecified atom stereocenters. The van der Waals surface area contributed by atoms with Crippen molar-refractivity contribution in [3.8, 4) is 0 Å². The summed E-state index contributed by atoms with van der Waals surface area (Å²) in [6, 6.07) is 11.7. The minimum atomic E-state index is -0.657. The van der Waals surface area contributed by atoms with Gasteiger partial charge in [-0.2, -0.15) is 0 Å². The van der Waals surface area contributed by atoms with Crippen molar-refractivity contribution in [2.75, 3.05) is 33.2 Å². The van der Waals surface area contributed by atoms with Gasteiger partial charge in [-0.1, -0.05) is 55.2 Å². The summed E-state index contributed by atoms with van der Waals surface area (Å²) in [5.74, 6) is 0.719. The summed E-state index contributed by atoms with van der Waals surface area (Å²) in [7, 11) is 1.89. The standard InChI is InChI=1S/C32H49N3O2/c1-25(29(22-33-2)15-13-26-9-5-3-6-10-26)28-17-19-34(20-18-28)23-27-14-16-31(21-27)35(24-32(36)37)30-11-7-4-8-12-30/h3,5-6,9-10,22,27-28,30-31H,4,7-8,11-21,23-24H2,1-2H3,(H,36,37)/b29-25+,33-22?. The lowest BCUT2D eigenvalue weighted by atomic mass is 9.85. The number of carboxylic acid groups (broad SMARTS) is 1. The maximum Gasteiger partial charge on any atom is 0.317 e. The van der Waals surface area contributed by atoms with Crippen LogP contribution < -0.4 is 0 Å². The topological polar surface area (TPSA) is 56.1 Å². The van der Waals surface area contributed by atoms with Crippen molar-refractivity contribution < 1.29 is 9.90 Å². The molecule has 5 heteroatoms. The molecule has 4 rings (SSSR count). The Kier molecular flexibility index (Phi) is 10.8. The first-order valence-corrected chi connectivity index (χ1v) is 14.9. The smallest absolute Gasteiger partial charge is 0.317 e. The molecule has 1 aromatic carbocycles. The summed E-state index contributed by atoms with van der Waals surface area (Å²) in [6.07, 6.45) is 16.5. The summed E-state index contributed by atoms with van der Waals surface area (Å²) in [4.78, 5) is 21.1. The number of nitrogens with zero attached hydrogens (tertiary/aromatic N) is 3. The molecule has 2 aliphatic carbocycles. The minimum absolute atomic E-state index is 0.229. The van der Waals surface area contributed by atoms with Crippen LogP contribution in [0.5, 0.6) is 0 Å². The predicted octanol–water partition coefficient (Wildman–Crippen LogP) is 6.24. The number of hydrogen-bond donors (Lipinski definition) is 1. The normalized spacial score (nSPS) is 25.2. The molecule has 37 heavy (non-hydrogen) atoms. The Bertz CT molecular complexity index is 898. The molecule has 1 aromatic rings. The fourth-order valence-electron chi connectivity index (χ4n) is 7.26. The average Bonchev–Trinajstić information content (AvgIpc) is 3.39. The van der Waals surface area contributed by atoms with E-state index in [1.807, 2.05) is 7.05 Å². The number of aliphatic carboxylic acids is 1. The first-order valence-electron chi connectivity index (χ1n) is 14.9. The van der Waals surface area contributed by atoms with Gasteiger partial charge in [-0.25, -0.2) is 0 Å². The van der Waals surface area contributed by atoms with E-state index in [9.17, 15) is 9.90 Å². The predicted molar refractivity (Wildman–Crippen MR) is 153 cm³/mol. The van der Waals surface area contributed by atoms with Crippen LogP contribution in [0.15, 0.2) is 46.5 Å². The number of carboxylic acids is 1. The van der Waals surface area contributed by atoms with E-state index in [1.165, 1.54) is 95.0 Å². The van der Waals surface area contributed by atoms with Crippen molar-refractivity contribution in [2.24, 2.45) is 16.8 Å². The Balaban J connectivity index is 1.26. The molecule has 0 aromatic heterocycles. The third-order valence-electron chi connectivity index (χ3n) is 9.38. The monoisotopic (exact) mass is 507 g/mol. The maximum absolute atomic E-state index is 11.6. The molecule has 204 valence electrons. The summed E-state index contributed by atoms with van der Waals surface area (Å²) in [5.41, 5.74) is 4.36. The Morgan fingerprint density at radius 1 is 1.03 bits per heavy atom. The second kappa shape index (κ2) is 14.2. The molecule has 1 saturated heterocycles. The van der Waals surface area contributed by atoms with Gasteiger partial charge in [0, 0.05) is 31.9 Å². The molecule has 1 N–H and O–H groups in total. The highest BCUT2D eigenvalue weighted by Gasteiger charge is 2.35. The molecule has 3 fully saturated rings. The molecule has 2 saturated carbocycles. The van der Waals surface area contributed by atoms with Gasteiger partial charge in [-0.15, -0.1) is 0 Å². The van der Waals surface area contributed by atoms with Gasteiger partial charge in [-0.3, -0.25) is 14.7 Å². The zero-order valence-corrected chi connectivity index (χ0v) is 23.3. The third-order valence-corrected chi connectivity index (χ3v) is 9.38. The van der Waals surface area contributed by atoms with E-state index in [2.05, 4.69) is 58.3 Å². The molecule has 1 aliphatic heterocycles. The first-order chi connectivity index (χ1) is 18.0. The molecule has 0 spiro atoms. The number of aryl methyl sites for hydroxylation is 1. The number of aliphatic imine (C=N–C) groups is 1.